The second-order valence-corrected chi connectivity index (χ2v) is 6.88. The van der Waals surface area contributed by atoms with Crippen LogP contribution < -0.4 is 11.1 Å². The number of aliphatic hydroxyl groups is 1. The lowest BCUT2D eigenvalue weighted by atomic mass is 9.77. The third-order valence-electron chi connectivity index (χ3n) is 4.09. The van der Waals surface area contributed by atoms with Crippen LogP contribution in [0.15, 0.2) is 6.20 Å². The molecule has 1 unspecified atom stereocenters. The van der Waals surface area contributed by atoms with E-state index in [0.717, 1.165) is 25.7 Å². The monoisotopic (exact) mass is 306 g/mol. The second kappa shape index (κ2) is 6.60. The Bertz CT molecular complexity index is 543. The molecule has 1 fully saturated rings. The molecule has 22 heavy (non-hydrogen) atoms. The number of hydrogen-bond acceptors (Lipinski definition) is 5. The largest absolute Gasteiger partial charge is 0.390 e. The van der Waals surface area contributed by atoms with Crippen molar-refractivity contribution in [2.24, 2.45) is 11.7 Å². The maximum absolute atomic E-state index is 11.6. The molecule has 0 aliphatic heterocycles. The van der Waals surface area contributed by atoms with Crippen LogP contribution in [0.4, 0.5) is 5.95 Å². The number of nitrogens with zero attached hydrogens (tertiary/aromatic N) is 2. The van der Waals surface area contributed by atoms with Gasteiger partial charge in [-0.25, -0.2) is 9.97 Å². The van der Waals surface area contributed by atoms with E-state index in [1.54, 1.807) is 0 Å². The predicted octanol–water partition coefficient (Wildman–Crippen LogP) is 1.88. The van der Waals surface area contributed by atoms with Gasteiger partial charge in [-0.2, -0.15) is 0 Å². The van der Waals surface area contributed by atoms with Gasteiger partial charge in [-0.1, -0.05) is 6.42 Å². The maximum Gasteiger partial charge on any atom is 0.252 e. The average Bonchev–Trinajstić information content (AvgIpc) is 2.36. The minimum absolute atomic E-state index is 0.211. The molecule has 0 saturated heterocycles. The van der Waals surface area contributed by atoms with E-state index in [4.69, 9.17) is 5.73 Å². The summed E-state index contributed by atoms with van der Waals surface area (Å²) < 4.78 is 0. The number of amides is 1. The molecular formula is C16H26N4O2. The van der Waals surface area contributed by atoms with Crippen LogP contribution in [0.5, 0.6) is 0 Å². The highest BCUT2D eigenvalue weighted by Gasteiger charge is 2.30. The number of nitrogens with two attached hydrogens (primary N) is 1. The number of aromatic nitrogens is 2. The molecule has 0 bridgehead atoms. The molecule has 0 spiro atoms. The first-order valence-electron chi connectivity index (χ1n) is 7.91. The number of nitrogens with one attached hydrogen (secondary N) is 1. The highest BCUT2D eigenvalue weighted by Crippen LogP contribution is 2.34. The summed E-state index contributed by atoms with van der Waals surface area (Å²) in [6.07, 6.45) is 5.72. The van der Waals surface area contributed by atoms with Crippen LogP contribution >= 0.6 is 0 Å². The van der Waals surface area contributed by atoms with Crippen molar-refractivity contribution in [3.05, 3.63) is 17.5 Å². The Morgan fingerprint density at radius 3 is 2.91 bits per heavy atom. The van der Waals surface area contributed by atoms with Gasteiger partial charge in [0.05, 0.1) is 16.9 Å². The fourth-order valence-electron chi connectivity index (χ4n) is 3.15. The summed E-state index contributed by atoms with van der Waals surface area (Å²) >= 11 is 0. The van der Waals surface area contributed by atoms with Crippen LogP contribution in [0, 0.1) is 5.92 Å². The van der Waals surface area contributed by atoms with Crippen LogP contribution in [-0.2, 0) is 6.42 Å². The standard InChI is InChI=1S/C16H26N4O2/c1-10(2)19-15-18-9-12(14(17)21)13(20-15)7-11-5-4-6-16(3,22)8-11/h9-11,22H,4-8H2,1-3H3,(H2,17,21)(H,18,19,20)/t11-,16?/m0/s1. The molecule has 1 saturated carbocycles. The van der Waals surface area contributed by atoms with Crippen LogP contribution in [-0.4, -0.2) is 32.6 Å². The van der Waals surface area contributed by atoms with E-state index in [2.05, 4.69) is 15.3 Å². The molecule has 2 rings (SSSR count). The van der Waals surface area contributed by atoms with Crippen LogP contribution in [0.25, 0.3) is 0 Å². The van der Waals surface area contributed by atoms with Crippen molar-refractivity contribution >= 4 is 11.9 Å². The first-order chi connectivity index (χ1) is 10.3. The van der Waals surface area contributed by atoms with Crippen molar-refractivity contribution in [2.75, 3.05) is 5.32 Å². The van der Waals surface area contributed by atoms with E-state index in [1.165, 1.54) is 6.20 Å². The second-order valence-electron chi connectivity index (χ2n) is 6.88. The Morgan fingerprint density at radius 1 is 1.59 bits per heavy atom. The van der Waals surface area contributed by atoms with Gasteiger partial charge < -0.3 is 16.2 Å². The average molecular weight is 306 g/mol. The fraction of sp³-hybridized carbons (Fsp3) is 0.688. The molecule has 6 nitrogen and oxygen atoms in total. The number of hydrogen-bond donors (Lipinski definition) is 3. The predicted molar refractivity (Wildman–Crippen MR) is 85.6 cm³/mol. The van der Waals surface area contributed by atoms with Gasteiger partial charge in [-0.05, 0) is 52.4 Å². The number of primary amides is 1. The minimum atomic E-state index is -0.623. The molecule has 6 heteroatoms. The van der Waals surface area contributed by atoms with Gasteiger partial charge in [0.2, 0.25) is 5.95 Å². The lowest BCUT2D eigenvalue weighted by Gasteiger charge is -2.34. The molecule has 1 amide bonds. The molecule has 1 aromatic rings. The third-order valence-corrected chi connectivity index (χ3v) is 4.09. The van der Waals surface area contributed by atoms with Gasteiger partial charge in [0, 0.05) is 12.2 Å². The van der Waals surface area contributed by atoms with Gasteiger partial charge in [-0.3, -0.25) is 4.79 Å². The van der Waals surface area contributed by atoms with Gasteiger partial charge >= 0.3 is 0 Å². The number of rotatable bonds is 5. The van der Waals surface area contributed by atoms with E-state index in [1.807, 2.05) is 20.8 Å². The molecule has 1 aliphatic carbocycles. The Kier molecular flexibility index (Phi) is 5.01. The summed E-state index contributed by atoms with van der Waals surface area (Å²) in [5.74, 6) is 0.315. The molecule has 4 N–H and O–H groups in total. The van der Waals surface area contributed by atoms with Crippen LogP contribution in [0.1, 0.15) is 62.5 Å². The van der Waals surface area contributed by atoms with Crippen molar-refractivity contribution in [1.29, 1.82) is 0 Å². The fourth-order valence-corrected chi connectivity index (χ4v) is 3.15. The molecule has 1 aliphatic rings. The topological polar surface area (TPSA) is 101 Å². The Balaban J connectivity index is 2.21. The molecule has 122 valence electrons. The first-order valence-corrected chi connectivity index (χ1v) is 7.91. The van der Waals surface area contributed by atoms with E-state index in [0.29, 0.717) is 29.5 Å². The van der Waals surface area contributed by atoms with Gasteiger partial charge in [-0.15, -0.1) is 0 Å². The number of anilines is 1. The third kappa shape index (κ3) is 4.40. The normalized spacial score (nSPS) is 25.2. The van der Waals surface area contributed by atoms with Gasteiger partial charge in [0.15, 0.2) is 0 Å². The lowest BCUT2D eigenvalue weighted by molar-refractivity contribution is 0.00107. The first kappa shape index (κ1) is 16.7. The molecule has 1 aromatic heterocycles. The molecular weight excluding hydrogens is 280 g/mol. The number of carbonyl (C=O) groups excluding carboxylic acids is 1. The number of carbonyl (C=O) groups is 1. The molecule has 0 radical (unpaired) electrons. The van der Waals surface area contributed by atoms with E-state index >= 15 is 0 Å². The highest BCUT2D eigenvalue weighted by molar-refractivity contribution is 5.93. The zero-order chi connectivity index (χ0) is 16.3. The summed E-state index contributed by atoms with van der Waals surface area (Å²) in [5.41, 5.74) is 5.86. The van der Waals surface area contributed by atoms with E-state index < -0.39 is 11.5 Å². The molecule has 0 aromatic carbocycles. The summed E-state index contributed by atoms with van der Waals surface area (Å²) in [6, 6.07) is 0.211. The van der Waals surface area contributed by atoms with Crippen molar-refractivity contribution in [3.8, 4) is 0 Å². The zero-order valence-corrected chi connectivity index (χ0v) is 13.6. The van der Waals surface area contributed by atoms with Crippen molar-refractivity contribution in [1.82, 2.24) is 9.97 Å². The highest BCUT2D eigenvalue weighted by atomic mass is 16.3. The Hall–Kier alpha value is -1.69. The summed E-state index contributed by atoms with van der Waals surface area (Å²) in [5, 5.41) is 13.4. The van der Waals surface area contributed by atoms with Crippen molar-refractivity contribution in [2.45, 2.75) is 64.5 Å². The van der Waals surface area contributed by atoms with Gasteiger partial charge in [0.25, 0.3) is 5.91 Å². The quantitative estimate of drug-likeness (QED) is 0.771. The lowest BCUT2D eigenvalue weighted by Crippen LogP contribution is -2.33. The smallest absolute Gasteiger partial charge is 0.252 e. The maximum atomic E-state index is 11.6. The SMILES string of the molecule is CC(C)Nc1ncc(C(N)=O)c(C[C@@H]2CCCC(C)(O)C2)n1. The summed E-state index contributed by atoms with van der Waals surface area (Å²) in [6.45, 7) is 5.88. The minimum Gasteiger partial charge on any atom is -0.390 e. The van der Waals surface area contributed by atoms with E-state index in [-0.39, 0.29) is 6.04 Å². The Morgan fingerprint density at radius 2 is 2.32 bits per heavy atom. The van der Waals surface area contributed by atoms with Crippen LogP contribution in [0.3, 0.4) is 0 Å². The van der Waals surface area contributed by atoms with Gasteiger partial charge in [0.1, 0.15) is 0 Å². The van der Waals surface area contributed by atoms with E-state index in [9.17, 15) is 9.90 Å². The molecule has 2 atom stereocenters. The van der Waals surface area contributed by atoms with Crippen molar-refractivity contribution in [3.63, 3.8) is 0 Å². The van der Waals surface area contributed by atoms with Crippen molar-refractivity contribution < 1.29 is 9.90 Å². The van der Waals surface area contributed by atoms with Crippen LogP contribution in [0.2, 0.25) is 0 Å². The summed E-state index contributed by atoms with van der Waals surface area (Å²) in [7, 11) is 0. The Labute approximate surface area is 131 Å². The molecule has 1 heterocycles. The zero-order valence-electron chi connectivity index (χ0n) is 13.6. The summed E-state index contributed by atoms with van der Waals surface area (Å²) in [4.78, 5) is 20.2.